The van der Waals surface area contributed by atoms with E-state index in [1.165, 1.54) is 17.7 Å². The van der Waals surface area contributed by atoms with Gasteiger partial charge < -0.3 is 10.2 Å². The smallest absolute Gasteiger partial charge is 0.317 e. The summed E-state index contributed by atoms with van der Waals surface area (Å²) in [4.78, 5) is 16.2. The highest BCUT2D eigenvalue weighted by Gasteiger charge is 2.20. The highest BCUT2D eigenvalue weighted by Crippen LogP contribution is 2.22. The van der Waals surface area contributed by atoms with Gasteiger partial charge in [0.2, 0.25) is 0 Å². The molecule has 0 saturated carbocycles. The third kappa shape index (κ3) is 6.45. The van der Waals surface area contributed by atoms with Crippen LogP contribution in [0.2, 0.25) is 0 Å². The Balaban J connectivity index is 1.79. The van der Waals surface area contributed by atoms with Gasteiger partial charge in [-0.2, -0.15) is 0 Å². The molecule has 2 amide bonds. The lowest BCUT2D eigenvalue weighted by Gasteiger charge is -2.34. The Morgan fingerprint density at radius 2 is 1.85 bits per heavy atom. The molecular weight excluding hydrogens is 329 g/mol. The monoisotopic (exact) mass is 361 g/mol. The van der Waals surface area contributed by atoms with Crippen LogP contribution in [-0.2, 0) is 0 Å². The van der Waals surface area contributed by atoms with Gasteiger partial charge in [-0.25, -0.2) is 9.18 Å². The zero-order valence-corrected chi connectivity index (χ0v) is 16.1. The lowest BCUT2D eigenvalue weighted by molar-refractivity contribution is 0.139. The van der Waals surface area contributed by atoms with Gasteiger partial charge in [0.25, 0.3) is 0 Å². The van der Waals surface area contributed by atoms with Crippen LogP contribution in [0.25, 0.3) is 5.57 Å². The molecule has 0 radical (unpaired) electrons. The van der Waals surface area contributed by atoms with Crippen LogP contribution in [0.15, 0.2) is 30.3 Å². The number of hydrogen-bond donors (Lipinski definition) is 1. The van der Waals surface area contributed by atoms with Gasteiger partial charge in [-0.1, -0.05) is 31.6 Å². The number of allylic oxidation sites excluding steroid dienone is 2. The Morgan fingerprint density at radius 3 is 2.46 bits per heavy atom. The molecule has 0 bridgehead atoms. The number of nitrogens with one attached hydrogen (secondary N) is 1. The second kappa shape index (κ2) is 11.0. The average molecular weight is 362 g/mol. The molecule has 1 heterocycles. The van der Waals surface area contributed by atoms with E-state index in [0.717, 1.165) is 64.0 Å². The number of carbonyl (C=O) groups excluding carboxylic acids is 1. The standard InChI is InChI=1S/C21H32FN3O/c1-3-5-7-18(19-9-11-20(22)12-10-19)8-6-13-24-14-16-25(17-15-24)21(26)23-4-2/h7,9-12H,3-6,8,13-17H2,1-2H3,(H,23,26)/b18-7-. The molecule has 26 heavy (non-hydrogen) atoms. The number of hydrogen-bond acceptors (Lipinski definition) is 2. The first-order chi connectivity index (χ1) is 12.6. The zero-order valence-electron chi connectivity index (χ0n) is 16.1. The fraction of sp³-hybridized carbons (Fsp3) is 0.571. The van der Waals surface area contributed by atoms with Crippen LogP contribution in [0.3, 0.4) is 0 Å². The van der Waals surface area contributed by atoms with E-state index in [-0.39, 0.29) is 11.8 Å². The predicted octanol–water partition coefficient (Wildman–Crippen LogP) is 4.14. The largest absolute Gasteiger partial charge is 0.338 e. The van der Waals surface area contributed by atoms with E-state index >= 15 is 0 Å². The van der Waals surface area contributed by atoms with Crippen LogP contribution < -0.4 is 5.32 Å². The summed E-state index contributed by atoms with van der Waals surface area (Å²) < 4.78 is 13.2. The molecule has 0 spiro atoms. The van der Waals surface area contributed by atoms with Gasteiger partial charge in [0.1, 0.15) is 5.82 Å². The Labute approximate surface area is 157 Å². The molecule has 1 aromatic rings. The average Bonchev–Trinajstić information content (AvgIpc) is 2.66. The van der Waals surface area contributed by atoms with Crippen LogP contribution >= 0.6 is 0 Å². The first kappa shape index (κ1) is 20.4. The van der Waals surface area contributed by atoms with E-state index in [2.05, 4.69) is 23.2 Å². The van der Waals surface area contributed by atoms with E-state index in [1.54, 1.807) is 0 Å². The summed E-state index contributed by atoms with van der Waals surface area (Å²) in [6.07, 6.45) is 6.54. The molecule has 144 valence electrons. The number of amides is 2. The van der Waals surface area contributed by atoms with Gasteiger partial charge in [0.15, 0.2) is 0 Å². The Hall–Kier alpha value is -1.88. The van der Waals surface area contributed by atoms with Gasteiger partial charge in [-0.15, -0.1) is 0 Å². The molecule has 1 fully saturated rings. The number of piperazine rings is 1. The van der Waals surface area contributed by atoms with Gasteiger partial charge in [0.05, 0.1) is 0 Å². The minimum absolute atomic E-state index is 0.0493. The van der Waals surface area contributed by atoms with E-state index in [0.29, 0.717) is 6.54 Å². The molecule has 2 rings (SSSR count). The number of urea groups is 1. The van der Waals surface area contributed by atoms with E-state index in [9.17, 15) is 9.18 Å². The first-order valence-electron chi connectivity index (χ1n) is 9.84. The van der Waals surface area contributed by atoms with Crippen molar-refractivity contribution >= 4 is 11.6 Å². The lowest BCUT2D eigenvalue weighted by Crippen LogP contribution is -2.51. The Kier molecular flexibility index (Phi) is 8.62. The fourth-order valence-corrected chi connectivity index (χ4v) is 3.28. The maximum atomic E-state index is 13.2. The predicted molar refractivity (Wildman–Crippen MR) is 106 cm³/mol. The number of carbonyl (C=O) groups is 1. The Morgan fingerprint density at radius 1 is 1.15 bits per heavy atom. The Bertz CT molecular complexity index is 577. The van der Waals surface area contributed by atoms with Gasteiger partial charge >= 0.3 is 6.03 Å². The summed E-state index contributed by atoms with van der Waals surface area (Å²) >= 11 is 0. The summed E-state index contributed by atoms with van der Waals surface area (Å²) in [5.74, 6) is -0.187. The SMILES string of the molecule is CCC/C=C(/CCCN1CCN(C(=O)NCC)CC1)c1ccc(F)cc1. The summed E-state index contributed by atoms with van der Waals surface area (Å²) in [6.45, 7) is 9.28. The summed E-state index contributed by atoms with van der Waals surface area (Å²) in [6, 6.07) is 6.88. The van der Waals surface area contributed by atoms with Crippen molar-refractivity contribution in [1.82, 2.24) is 15.1 Å². The third-order valence-corrected chi connectivity index (χ3v) is 4.80. The number of nitrogens with zero attached hydrogens (tertiary/aromatic N) is 2. The normalized spacial score (nSPS) is 16.0. The maximum Gasteiger partial charge on any atom is 0.317 e. The second-order valence-electron chi connectivity index (χ2n) is 6.79. The van der Waals surface area contributed by atoms with Crippen LogP contribution in [0.4, 0.5) is 9.18 Å². The van der Waals surface area contributed by atoms with E-state index < -0.39 is 0 Å². The molecule has 1 saturated heterocycles. The molecule has 4 nitrogen and oxygen atoms in total. The highest BCUT2D eigenvalue weighted by atomic mass is 19.1. The van der Waals surface area contributed by atoms with Crippen molar-refractivity contribution in [2.75, 3.05) is 39.3 Å². The first-order valence-corrected chi connectivity index (χ1v) is 9.84. The fourth-order valence-electron chi connectivity index (χ4n) is 3.28. The molecule has 5 heteroatoms. The van der Waals surface area contributed by atoms with Crippen LogP contribution in [0.5, 0.6) is 0 Å². The van der Waals surface area contributed by atoms with Crippen molar-refractivity contribution in [2.24, 2.45) is 0 Å². The molecule has 0 aliphatic carbocycles. The number of rotatable bonds is 8. The maximum absolute atomic E-state index is 13.2. The molecular formula is C21H32FN3O. The second-order valence-corrected chi connectivity index (χ2v) is 6.79. The molecule has 0 unspecified atom stereocenters. The van der Waals surface area contributed by atoms with Gasteiger partial charge in [-0.05, 0) is 56.0 Å². The summed E-state index contributed by atoms with van der Waals surface area (Å²) in [5.41, 5.74) is 2.44. The minimum atomic E-state index is -0.187. The van der Waals surface area contributed by atoms with Gasteiger partial charge in [-0.3, -0.25) is 4.90 Å². The third-order valence-electron chi connectivity index (χ3n) is 4.80. The molecule has 1 N–H and O–H groups in total. The number of unbranched alkanes of at least 4 members (excludes halogenated alkanes) is 1. The quantitative estimate of drug-likeness (QED) is 0.755. The lowest BCUT2D eigenvalue weighted by atomic mass is 9.99. The van der Waals surface area contributed by atoms with Crippen molar-refractivity contribution in [3.05, 3.63) is 41.7 Å². The van der Waals surface area contributed by atoms with Gasteiger partial charge in [0, 0.05) is 32.7 Å². The summed E-state index contributed by atoms with van der Waals surface area (Å²) in [7, 11) is 0. The van der Waals surface area contributed by atoms with Crippen molar-refractivity contribution in [1.29, 1.82) is 0 Å². The topological polar surface area (TPSA) is 35.6 Å². The van der Waals surface area contributed by atoms with Crippen LogP contribution in [0.1, 0.15) is 45.1 Å². The van der Waals surface area contributed by atoms with E-state index in [4.69, 9.17) is 0 Å². The molecule has 0 aromatic heterocycles. The molecule has 1 aliphatic heterocycles. The van der Waals surface area contributed by atoms with Crippen molar-refractivity contribution < 1.29 is 9.18 Å². The number of halogens is 1. The zero-order chi connectivity index (χ0) is 18.8. The molecule has 0 atom stereocenters. The van der Waals surface area contributed by atoms with Crippen molar-refractivity contribution in [3.8, 4) is 0 Å². The van der Waals surface area contributed by atoms with E-state index in [1.807, 2.05) is 24.0 Å². The van der Waals surface area contributed by atoms with Crippen molar-refractivity contribution in [2.45, 2.75) is 39.5 Å². The molecule has 1 aromatic carbocycles. The molecule has 1 aliphatic rings. The summed E-state index contributed by atoms with van der Waals surface area (Å²) in [5, 5.41) is 2.86. The van der Waals surface area contributed by atoms with Crippen molar-refractivity contribution in [3.63, 3.8) is 0 Å². The van der Waals surface area contributed by atoms with Crippen LogP contribution in [0, 0.1) is 5.82 Å². The minimum Gasteiger partial charge on any atom is -0.338 e. The van der Waals surface area contributed by atoms with Crippen LogP contribution in [-0.4, -0.2) is 55.1 Å². The highest BCUT2D eigenvalue weighted by molar-refractivity contribution is 5.74. The number of benzene rings is 1.